The molecule has 0 fully saturated rings. The minimum absolute atomic E-state index is 0.167. The molecule has 3 aromatic rings. The molecule has 0 aliphatic rings. The summed E-state index contributed by atoms with van der Waals surface area (Å²) >= 11 is 1.31. The summed E-state index contributed by atoms with van der Waals surface area (Å²) in [5, 5.41) is 14.6. The number of H-pyrrole nitrogens is 1. The molecule has 0 aliphatic carbocycles. The Bertz CT molecular complexity index is 925. The third-order valence-corrected chi connectivity index (χ3v) is 4.45. The number of thioether (sulfide) groups is 1. The number of phenolic OH excluding ortho intramolecular Hbond substituents is 1. The van der Waals surface area contributed by atoms with Crippen molar-refractivity contribution in [3.63, 3.8) is 0 Å². The second kappa shape index (κ2) is 7.48. The van der Waals surface area contributed by atoms with Crippen LogP contribution in [0.3, 0.4) is 0 Å². The van der Waals surface area contributed by atoms with Crippen molar-refractivity contribution in [1.82, 2.24) is 15.4 Å². The van der Waals surface area contributed by atoms with Crippen LogP contribution >= 0.6 is 11.8 Å². The number of aromatic amines is 1. The first-order valence-electron chi connectivity index (χ1n) is 7.72. The number of carbonyl (C=O) groups is 1. The molecule has 0 atom stereocenters. The molecule has 25 heavy (non-hydrogen) atoms. The van der Waals surface area contributed by atoms with Crippen LogP contribution in [0, 0.1) is 0 Å². The highest BCUT2D eigenvalue weighted by molar-refractivity contribution is 7.99. The summed E-state index contributed by atoms with van der Waals surface area (Å²) in [6.07, 6.45) is 1.44. The number of benzene rings is 2. The summed E-state index contributed by atoms with van der Waals surface area (Å²) in [5.41, 5.74) is 6.63. The van der Waals surface area contributed by atoms with E-state index < -0.39 is 0 Å². The molecular formula is C16H16B2N4O2S. The lowest BCUT2D eigenvalue weighted by Gasteiger charge is -2.05. The lowest BCUT2D eigenvalue weighted by atomic mass is 9.85. The van der Waals surface area contributed by atoms with Crippen LogP contribution in [0.15, 0.2) is 46.7 Å². The van der Waals surface area contributed by atoms with E-state index in [4.69, 9.17) is 0 Å². The number of para-hydroxylation sites is 2. The van der Waals surface area contributed by atoms with Crippen molar-refractivity contribution < 1.29 is 9.90 Å². The molecule has 3 rings (SSSR count). The zero-order valence-electron chi connectivity index (χ0n) is 13.9. The molecule has 2 aromatic carbocycles. The molecule has 6 nitrogen and oxygen atoms in total. The average Bonchev–Trinajstić information content (AvgIpc) is 3.00. The predicted octanol–water partition coefficient (Wildman–Crippen LogP) is -0.972. The van der Waals surface area contributed by atoms with Gasteiger partial charge in [-0.2, -0.15) is 5.10 Å². The van der Waals surface area contributed by atoms with Gasteiger partial charge in [-0.15, -0.1) is 0 Å². The number of phenols is 1. The summed E-state index contributed by atoms with van der Waals surface area (Å²) < 4.78 is 0. The number of carbonyl (C=O) groups excluding carboxylic acids is 1. The molecule has 1 amide bonds. The molecule has 0 spiro atoms. The number of rotatable bonds is 5. The zero-order chi connectivity index (χ0) is 17.8. The Labute approximate surface area is 150 Å². The van der Waals surface area contributed by atoms with Crippen molar-refractivity contribution in [2.24, 2.45) is 5.10 Å². The highest BCUT2D eigenvalue weighted by Gasteiger charge is 2.07. The lowest BCUT2D eigenvalue weighted by Crippen LogP contribution is -2.20. The van der Waals surface area contributed by atoms with E-state index in [1.54, 1.807) is 6.07 Å². The quantitative estimate of drug-likeness (QED) is 0.239. The predicted molar refractivity (Wildman–Crippen MR) is 107 cm³/mol. The summed E-state index contributed by atoms with van der Waals surface area (Å²) in [4.78, 5) is 19.4. The largest absolute Gasteiger partial charge is 0.508 e. The van der Waals surface area contributed by atoms with Gasteiger partial charge in [-0.1, -0.05) is 41.5 Å². The maximum Gasteiger partial charge on any atom is 0.250 e. The molecule has 124 valence electrons. The SMILES string of the molecule is Bc1cc(B)c(O)c(/C=N/NC(=O)CSc2nc3ccccc3[nH]2)c1. The number of aromatic nitrogens is 2. The molecule has 0 saturated heterocycles. The van der Waals surface area contributed by atoms with Crippen LogP contribution in [-0.2, 0) is 4.79 Å². The van der Waals surface area contributed by atoms with E-state index in [0.717, 1.165) is 22.0 Å². The van der Waals surface area contributed by atoms with Gasteiger partial charge in [0.15, 0.2) is 5.16 Å². The fourth-order valence-electron chi connectivity index (χ4n) is 2.43. The van der Waals surface area contributed by atoms with Crippen LogP contribution in [0.4, 0.5) is 0 Å². The number of fused-ring (bicyclic) bond motifs is 1. The maximum absolute atomic E-state index is 11.9. The Morgan fingerprint density at radius 3 is 2.96 bits per heavy atom. The third kappa shape index (κ3) is 4.24. The van der Waals surface area contributed by atoms with Gasteiger partial charge >= 0.3 is 0 Å². The summed E-state index contributed by atoms with van der Waals surface area (Å²) in [6, 6.07) is 11.4. The Morgan fingerprint density at radius 1 is 1.36 bits per heavy atom. The van der Waals surface area contributed by atoms with E-state index in [0.29, 0.717) is 10.7 Å². The van der Waals surface area contributed by atoms with Crippen molar-refractivity contribution >= 4 is 61.5 Å². The number of aromatic hydroxyl groups is 1. The summed E-state index contributed by atoms with van der Waals surface area (Å²) in [6.45, 7) is 0. The van der Waals surface area contributed by atoms with Crippen molar-refractivity contribution in [3.05, 3.63) is 42.0 Å². The van der Waals surface area contributed by atoms with Crippen molar-refractivity contribution in [2.75, 3.05) is 5.75 Å². The summed E-state index contributed by atoms with van der Waals surface area (Å²) in [5.74, 6) is 0.113. The molecule has 1 heterocycles. The number of amides is 1. The van der Waals surface area contributed by atoms with Gasteiger partial charge in [0.2, 0.25) is 0 Å². The molecule has 3 N–H and O–H groups in total. The second-order valence-electron chi connectivity index (χ2n) is 5.66. The Balaban J connectivity index is 1.56. The number of nitrogens with zero attached hydrogens (tertiary/aromatic N) is 2. The number of hydrogen-bond donors (Lipinski definition) is 3. The fraction of sp³-hybridized carbons (Fsp3) is 0.0625. The summed E-state index contributed by atoms with van der Waals surface area (Å²) in [7, 11) is 3.76. The van der Waals surface area contributed by atoms with E-state index in [2.05, 4.69) is 20.5 Å². The van der Waals surface area contributed by atoms with Crippen LogP contribution in [0.5, 0.6) is 5.75 Å². The number of hydrogen-bond acceptors (Lipinski definition) is 5. The molecule has 0 saturated carbocycles. The fourth-order valence-corrected chi connectivity index (χ4v) is 3.11. The zero-order valence-corrected chi connectivity index (χ0v) is 14.7. The van der Waals surface area contributed by atoms with Gasteiger partial charge < -0.3 is 10.1 Å². The minimum atomic E-state index is -0.245. The van der Waals surface area contributed by atoms with Crippen molar-refractivity contribution in [3.8, 4) is 5.75 Å². The van der Waals surface area contributed by atoms with E-state index >= 15 is 0 Å². The highest BCUT2D eigenvalue weighted by Crippen LogP contribution is 2.18. The van der Waals surface area contributed by atoms with E-state index in [-0.39, 0.29) is 17.4 Å². The van der Waals surface area contributed by atoms with Crippen molar-refractivity contribution in [2.45, 2.75) is 5.16 Å². The second-order valence-corrected chi connectivity index (χ2v) is 6.62. The molecular weight excluding hydrogens is 334 g/mol. The van der Waals surface area contributed by atoms with E-state index in [9.17, 15) is 9.90 Å². The molecule has 0 bridgehead atoms. The first-order chi connectivity index (χ1) is 12.0. The van der Waals surface area contributed by atoms with Crippen LogP contribution in [0.1, 0.15) is 5.56 Å². The van der Waals surface area contributed by atoms with Crippen molar-refractivity contribution in [1.29, 1.82) is 0 Å². The van der Waals surface area contributed by atoms with Gasteiger partial charge in [0.05, 0.1) is 23.0 Å². The monoisotopic (exact) mass is 350 g/mol. The molecule has 9 heteroatoms. The van der Waals surface area contributed by atoms with Gasteiger partial charge in [-0.25, -0.2) is 10.4 Å². The molecule has 1 aromatic heterocycles. The van der Waals surface area contributed by atoms with Crippen LogP contribution in [0.2, 0.25) is 0 Å². The van der Waals surface area contributed by atoms with Gasteiger partial charge in [0.1, 0.15) is 21.4 Å². The normalized spacial score (nSPS) is 11.2. The highest BCUT2D eigenvalue weighted by atomic mass is 32.2. The van der Waals surface area contributed by atoms with Crippen LogP contribution < -0.4 is 16.4 Å². The molecule has 0 unspecified atom stereocenters. The number of hydrazone groups is 1. The van der Waals surface area contributed by atoms with E-state index in [1.165, 1.54) is 18.0 Å². The number of imidazole rings is 1. The minimum Gasteiger partial charge on any atom is -0.508 e. The first-order valence-corrected chi connectivity index (χ1v) is 8.71. The Hall–Kier alpha value is -2.67. The topological polar surface area (TPSA) is 90.4 Å². The van der Waals surface area contributed by atoms with E-state index in [1.807, 2.05) is 46.0 Å². The Kier molecular flexibility index (Phi) is 5.14. The van der Waals surface area contributed by atoms with Gasteiger partial charge in [-0.3, -0.25) is 4.79 Å². The molecule has 0 radical (unpaired) electrons. The third-order valence-electron chi connectivity index (χ3n) is 3.57. The maximum atomic E-state index is 11.9. The van der Waals surface area contributed by atoms with Crippen LogP contribution in [-0.4, -0.2) is 48.6 Å². The Morgan fingerprint density at radius 2 is 2.16 bits per heavy atom. The smallest absolute Gasteiger partial charge is 0.250 e. The van der Waals surface area contributed by atoms with Gasteiger partial charge in [-0.05, 0) is 17.6 Å². The van der Waals surface area contributed by atoms with Crippen LogP contribution in [0.25, 0.3) is 11.0 Å². The number of nitrogens with one attached hydrogen (secondary N) is 2. The first kappa shape index (κ1) is 17.2. The van der Waals surface area contributed by atoms with Gasteiger partial charge in [0.25, 0.3) is 5.91 Å². The average molecular weight is 350 g/mol. The molecule has 0 aliphatic heterocycles. The standard InChI is InChI=1S/C16H16B2N4O2S/c17-10-5-9(15(24)11(18)6-10)7-19-22-14(23)8-25-16-20-12-3-1-2-4-13(12)21-16/h1-7,24H,8,17-18H2,(H,20,21)(H,22,23)/b19-7+. The van der Waals surface area contributed by atoms with Gasteiger partial charge in [0, 0.05) is 5.56 Å². The lowest BCUT2D eigenvalue weighted by molar-refractivity contribution is -0.118.